The van der Waals surface area contributed by atoms with Crippen molar-refractivity contribution < 1.29 is 24.3 Å². The zero-order valence-electron chi connectivity index (χ0n) is 20.3. The molecule has 4 rings (SSSR count). The zero-order valence-corrected chi connectivity index (χ0v) is 21.1. The van der Waals surface area contributed by atoms with E-state index in [4.69, 9.17) is 0 Å². The van der Waals surface area contributed by atoms with Crippen LogP contribution in [0.25, 0.3) is 10.8 Å². The Morgan fingerprint density at radius 3 is 2.32 bits per heavy atom. The van der Waals surface area contributed by atoms with Crippen molar-refractivity contribution in [1.82, 2.24) is 16.0 Å². The first-order valence-electron chi connectivity index (χ1n) is 11.8. The molecule has 1 aromatic heterocycles. The maximum absolute atomic E-state index is 12.5. The van der Waals surface area contributed by atoms with Crippen LogP contribution in [0.1, 0.15) is 26.7 Å². The van der Waals surface area contributed by atoms with E-state index in [1.807, 2.05) is 60.7 Å². The Labute approximate surface area is 222 Å². The number of rotatable bonds is 10. The highest BCUT2D eigenvalue weighted by atomic mass is 32.1. The highest BCUT2D eigenvalue weighted by Gasteiger charge is 2.23. The molecule has 0 saturated heterocycles. The number of carboxylic acid groups (broad SMARTS) is 1. The lowest BCUT2D eigenvalue weighted by Gasteiger charge is -2.16. The quantitative estimate of drug-likeness (QED) is 0.212. The van der Waals surface area contributed by atoms with E-state index in [2.05, 4.69) is 21.3 Å². The molecule has 0 saturated carbocycles. The number of urea groups is 1. The number of aliphatic carboxylic acids is 1. The fraction of sp³-hybridized carbons (Fsp3) is 0.143. The van der Waals surface area contributed by atoms with Crippen molar-refractivity contribution in [3.05, 3.63) is 101 Å². The van der Waals surface area contributed by atoms with Crippen LogP contribution in [0.4, 0.5) is 9.80 Å². The Kier molecular flexibility index (Phi) is 8.68. The van der Waals surface area contributed by atoms with Crippen molar-refractivity contribution in [2.45, 2.75) is 12.5 Å². The average molecular weight is 531 g/mol. The number of carbonyl (C=O) groups excluding carboxylic acids is 3. The third-order valence-electron chi connectivity index (χ3n) is 5.77. The molecule has 194 valence electrons. The third kappa shape index (κ3) is 6.95. The van der Waals surface area contributed by atoms with E-state index in [1.54, 1.807) is 24.3 Å². The van der Waals surface area contributed by atoms with Gasteiger partial charge in [-0.25, -0.2) is 4.79 Å². The number of nitrogens with one attached hydrogen (secondary N) is 4. The number of hydrogen-bond acceptors (Lipinski definition) is 5. The van der Waals surface area contributed by atoms with Gasteiger partial charge in [-0.1, -0.05) is 72.8 Å². The van der Waals surface area contributed by atoms with Gasteiger partial charge in [-0.05, 0) is 34.0 Å². The predicted octanol–water partition coefficient (Wildman–Crippen LogP) is 3.94. The van der Waals surface area contributed by atoms with Crippen molar-refractivity contribution in [3.63, 3.8) is 0 Å². The molecule has 0 spiro atoms. The Bertz CT molecular complexity index is 1450. The van der Waals surface area contributed by atoms with Crippen LogP contribution in [0.3, 0.4) is 0 Å². The van der Waals surface area contributed by atoms with Crippen LogP contribution >= 0.6 is 11.3 Å². The van der Waals surface area contributed by atoms with Crippen LogP contribution in [-0.2, 0) is 16.1 Å². The van der Waals surface area contributed by atoms with Gasteiger partial charge in [-0.2, -0.15) is 0 Å². The van der Waals surface area contributed by atoms with Crippen molar-refractivity contribution >= 4 is 50.9 Å². The number of anilines is 1. The van der Waals surface area contributed by atoms with Crippen molar-refractivity contribution in [3.8, 4) is 0 Å². The van der Waals surface area contributed by atoms with E-state index >= 15 is 0 Å². The van der Waals surface area contributed by atoms with Crippen LogP contribution in [0.2, 0.25) is 0 Å². The smallest absolute Gasteiger partial charge is 0.320 e. The summed E-state index contributed by atoms with van der Waals surface area (Å²) in [4.78, 5) is 49.2. The monoisotopic (exact) mass is 530 g/mol. The predicted molar refractivity (Wildman–Crippen MR) is 146 cm³/mol. The molecular weight excluding hydrogens is 504 g/mol. The maximum Gasteiger partial charge on any atom is 0.320 e. The molecule has 1 atom stereocenters. The van der Waals surface area contributed by atoms with Crippen molar-refractivity contribution in [1.29, 1.82) is 0 Å². The van der Waals surface area contributed by atoms with Gasteiger partial charge in [0.1, 0.15) is 0 Å². The molecule has 10 heteroatoms. The summed E-state index contributed by atoms with van der Waals surface area (Å²) >= 11 is 1.07. The van der Waals surface area contributed by atoms with Gasteiger partial charge < -0.3 is 21.1 Å². The fourth-order valence-electron chi connectivity index (χ4n) is 3.87. The van der Waals surface area contributed by atoms with Gasteiger partial charge in [-0.3, -0.25) is 19.7 Å². The number of hydrogen-bond donors (Lipinski definition) is 5. The van der Waals surface area contributed by atoms with Gasteiger partial charge in [0.25, 0.3) is 5.91 Å². The molecule has 3 aromatic carbocycles. The number of carboxylic acids is 1. The molecular formula is C28H26N4O5S. The molecule has 5 N–H and O–H groups in total. The third-order valence-corrected chi connectivity index (χ3v) is 6.77. The fourth-order valence-corrected chi connectivity index (χ4v) is 4.69. The summed E-state index contributed by atoms with van der Waals surface area (Å²) in [5.74, 6) is -3.00. The lowest BCUT2D eigenvalue weighted by molar-refractivity contribution is -0.138. The van der Waals surface area contributed by atoms with Crippen LogP contribution < -0.4 is 21.3 Å². The number of amides is 4. The van der Waals surface area contributed by atoms with Crippen LogP contribution in [0, 0.1) is 0 Å². The first kappa shape index (κ1) is 26.4. The van der Waals surface area contributed by atoms with E-state index in [9.17, 15) is 24.3 Å². The summed E-state index contributed by atoms with van der Waals surface area (Å²) < 4.78 is 0. The Hall–Kier alpha value is -4.70. The van der Waals surface area contributed by atoms with Crippen molar-refractivity contribution in [2.75, 3.05) is 18.4 Å². The SMILES string of the molecule is O=C(CNC(=O)c1ccc(NC(=O)NCc2ccccc2)s1)NCC(C(=O)O)c1cccc2ccccc12. The topological polar surface area (TPSA) is 137 Å². The summed E-state index contributed by atoms with van der Waals surface area (Å²) in [6.45, 7) is -0.0775. The molecule has 9 nitrogen and oxygen atoms in total. The average Bonchev–Trinajstić information content (AvgIpc) is 3.39. The second-order valence-corrected chi connectivity index (χ2v) is 9.49. The van der Waals surface area contributed by atoms with Crippen LogP contribution in [0.15, 0.2) is 84.9 Å². The summed E-state index contributed by atoms with van der Waals surface area (Å²) in [5, 5.41) is 22.5. The summed E-state index contributed by atoms with van der Waals surface area (Å²) in [7, 11) is 0. The van der Waals surface area contributed by atoms with E-state index in [0.717, 1.165) is 27.7 Å². The molecule has 0 radical (unpaired) electrons. The highest BCUT2D eigenvalue weighted by molar-refractivity contribution is 7.18. The minimum Gasteiger partial charge on any atom is -0.481 e. The Morgan fingerprint density at radius 1 is 0.789 bits per heavy atom. The molecule has 0 fully saturated rings. The molecule has 0 bridgehead atoms. The van der Waals surface area contributed by atoms with Gasteiger partial charge in [-0.15, -0.1) is 11.3 Å². The van der Waals surface area contributed by atoms with E-state index in [0.29, 0.717) is 22.0 Å². The lowest BCUT2D eigenvalue weighted by atomic mass is 9.93. The summed E-state index contributed by atoms with van der Waals surface area (Å²) in [5.41, 5.74) is 1.56. The van der Waals surface area contributed by atoms with Gasteiger partial charge in [0.2, 0.25) is 5.91 Å². The van der Waals surface area contributed by atoms with Gasteiger partial charge in [0.15, 0.2) is 0 Å². The first-order valence-corrected chi connectivity index (χ1v) is 12.7. The second-order valence-electron chi connectivity index (χ2n) is 8.40. The normalized spacial score (nSPS) is 11.4. The van der Waals surface area contributed by atoms with E-state index in [-0.39, 0.29) is 13.1 Å². The van der Waals surface area contributed by atoms with E-state index in [1.165, 1.54) is 0 Å². The van der Waals surface area contributed by atoms with Gasteiger partial charge >= 0.3 is 12.0 Å². The largest absolute Gasteiger partial charge is 0.481 e. The number of fused-ring (bicyclic) bond motifs is 1. The Balaban J connectivity index is 1.25. The second kappa shape index (κ2) is 12.5. The molecule has 4 amide bonds. The molecule has 1 heterocycles. The van der Waals surface area contributed by atoms with Gasteiger partial charge in [0.05, 0.1) is 22.3 Å². The molecule has 0 aliphatic carbocycles. The minimum atomic E-state index is -1.06. The summed E-state index contributed by atoms with van der Waals surface area (Å²) in [6, 6.07) is 25.1. The first-order chi connectivity index (χ1) is 18.4. The number of carbonyl (C=O) groups is 4. The molecule has 38 heavy (non-hydrogen) atoms. The number of benzene rings is 3. The summed E-state index contributed by atoms with van der Waals surface area (Å²) in [6.07, 6.45) is 0. The maximum atomic E-state index is 12.5. The zero-order chi connectivity index (χ0) is 26.9. The highest BCUT2D eigenvalue weighted by Crippen LogP contribution is 2.26. The Morgan fingerprint density at radius 2 is 1.53 bits per heavy atom. The molecule has 0 aliphatic heterocycles. The number of thiophene rings is 1. The van der Waals surface area contributed by atoms with Crippen LogP contribution in [-0.4, -0.2) is 42.0 Å². The minimum absolute atomic E-state index is 0.122. The molecule has 0 aliphatic rings. The van der Waals surface area contributed by atoms with Crippen molar-refractivity contribution in [2.24, 2.45) is 0 Å². The molecule has 4 aromatic rings. The standard InChI is InChI=1S/C28H26N4O5S/c33-24(29-16-22(27(35)36)21-12-6-10-19-9-4-5-11-20(19)21)17-30-26(34)23-13-14-25(38-23)32-28(37)31-15-18-7-2-1-3-8-18/h1-14,22H,15-17H2,(H,29,33)(H,30,34)(H,35,36)(H2,31,32,37). The van der Waals surface area contributed by atoms with Crippen LogP contribution in [0.5, 0.6) is 0 Å². The van der Waals surface area contributed by atoms with E-state index < -0.39 is 29.7 Å². The molecule has 1 unspecified atom stereocenters. The lowest BCUT2D eigenvalue weighted by Crippen LogP contribution is -2.39. The van der Waals surface area contributed by atoms with Gasteiger partial charge in [0, 0.05) is 13.1 Å².